The van der Waals surface area contributed by atoms with Gasteiger partial charge in [-0.1, -0.05) is 0 Å². The van der Waals surface area contributed by atoms with Crippen molar-refractivity contribution >= 4 is 0 Å². The maximum absolute atomic E-state index is 9.54. The predicted molar refractivity (Wildman–Crippen MR) is 72.4 cm³/mol. The molecule has 0 aromatic rings. The molecule has 0 spiro atoms. The predicted octanol–water partition coefficient (Wildman–Crippen LogP) is 1.15. The molecule has 1 saturated heterocycles. The summed E-state index contributed by atoms with van der Waals surface area (Å²) in [5, 5.41) is 9.54. The van der Waals surface area contributed by atoms with Gasteiger partial charge in [0.1, 0.15) is 6.23 Å². The van der Waals surface area contributed by atoms with Crippen molar-refractivity contribution in [3.63, 3.8) is 0 Å². The third-order valence-electron chi connectivity index (χ3n) is 4.17. The number of rotatable bonds is 6. The van der Waals surface area contributed by atoms with Gasteiger partial charge < -0.3 is 14.7 Å². The first kappa shape index (κ1) is 14.3. The van der Waals surface area contributed by atoms with E-state index >= 15 is 0 Å². The Labute approximate surface area is 111 Å². The fraction of sp³-hybridized carbons (Fsp3) is 1.00. The summed E-state index contributed by atoms with van der Waals surface area (Å²) in [7, 11) is 0. The van der Waals surface area contributed by atoms with Crippen molar-refractivity contribution in [2.45, 2.75) is 45.9 Å². The lowest BCUT2D eigenvalue weighted by molar-refractivity contribution is -0.0232. The van der Waals surface area contributed by atoms with Gasteiger partial charge >= 0.3 is 0 Å². The fourth-order valence-corrected chi connectivity index (χ4v) is 2.64. The van der Waals surface area contributed by atoms with E-state index in [2.05, 4.69) is 23.6 Å². The summed E-state index contributed by atoms with van der Waals surface area (Å²) >= 11 is 0. The molecule has 1 N–H and O–H groups in total. The van der Waals surface area contributed by atoms with Crippen LogP contribution >= 0.6 is 0 Å². The van der Waals surface area contributed by atoms with Crippen molar-refractivity contribution in [3.05, 3.63) is 0 Å². The minimum Gasteiger partial charge on any atom is -0.379 e. The average Bonchev–Trinajstić information content (AvgIpc) is 3.08. The average molecular weight is 256 g/mol. The first-order chi connectivity index (χ1) is 8.51. The van der Waals surface area contributed by atoms with E-state index in [1.807, 2.05) is 6.92 Å². The Balaban J connectivity index is 1.71. The summed E-state index contributed by atoms with van der Waals surface area (Å²) in [6.45, 7) is 12.3. The zero-order valence-electron chi connectivity index (χ0n) is 12.1. The fourth-order valence-electron chi connectivity index (χ4n) is 2.64. The molecule has 2 fully saturated rings. The van der Waals surface area contributed by atoms with E-state index in [0.29, 0.717) is 11.5 Å². The molecule has 1 atom stereocenters. The molecule has 1 aliphatic heterocycles. The Hall–Kier alpha value is -0.160. The number of piperazine rings is 1. The first-order valence-corrected chi connectivity index (χ1v) is 7.27. The molecular formula is C14H28N2O2. The van der Waals surface area contributed by atoms with Crippen molar-refractivity contribution < 1.29 is 9.84 Å². The van der Waals surface area contributed by atoms with E-state index in [0.717, 1.165) is 32.8 Å². The van der Waals surface area contributed by atoms with Crippen molar-refractivity contribution in [1.82, 2.24) is 9.80 Å². The molecule has 0 aromatic carbocycles. The van der Waals surface area contributed by atoms with Gasteiger partial charge in [-0.2, -0.15) is 0 Å². The molecule has 0 radical (unpaired) electrons. The van der Waals surface area contributed by atoms with Gasteiger partial charge in [0, 0.05) is 38.1 Å². The second-order valence-electron chi connectivity index (χ2n) is 6.30. The Morgan fingerprint density at radius 3 is 2.17 bits per heavy atom. The number of hydrogen-bond donors (Lipinski definition) is 1. The number of ether oxygens (including phenoxy) is 1. The van der Waals surface area contributed by atoms with E-state index in [-0.39, 0.29) is 6.23 Å². The lowest BCUT2D eigenvalue weighted by Crippen LogP contribution is -2.51. The maximum Gasteiger partial charge on any atom is 0.104 e. The molecule has 1 unspecified atom stereocenters. The molecule has 1 aliphatic carbocycles. The first-order valence-electron chi connectivity index (χ1n) is 7.27. The molecule has 0 bridgehead atoms. The topological polar surface area (TPSA) is 35.9 Å². The molecule has 0 aromatic heterocycles. The second kappa shape index (κ2) is 5.87. The third kappa shape index (κ3) is 3.92. The summed E-state index contributed by atoms with van der Waals surface area (Å²) in [6, 6.07) is 0. The number of aliphatic hydroxyl groups excluding tert-OH is 1. The van der Waals surface area contributed by atoms with Crippen LogP contribution in [0.4, 0.5) is 0 Å². The van der Waals surface area contributed by atoms with Crippen LogP contribution in [0.1, 0.15) is 33.6 Å². The number of hydrogen-bond acceptors (Lipinski definition) is 4. The Morgan fingerprint density at radius 1 is 1.11 bits per heavy atom. The van der Waals surface area contributed by atoms with Crippen molar-refractivity contribution in [3.8, 4) is 0 Å². The van der Waals surface area contributed by atoms with Gasteiger partial charge in [-0.05, 0) is 33.6 Å². The number of aliphatic hydroxyl groups is 1. The van der Waals surface area contributed by atoms with Gasteiger partial charge in [0.2, 0.25) is 0 Å². The highest BCUT2D eigenvalue weighted by atomic mass is 16.5. The highest BCUT2D eigenvalue weighted by Gasteiger charge is 2.44. The van der Waals surface area contributed by atoms with Crippen LogP contribution in [0.2, 0.25) is 0 Å². The molecule has 0 amide bonds. The molecule has 2 aliphatic rings. The molecule has 4 heteroatoms. The van der Waals surface area contributed by atoms with Gasteiger partial charge in [-0.15, -0.1) is 0 Å². The molecule has 2 rings (SSSR count). The third-order valence-corrected chi connectivity index (χ3v) is 4.17. The van der Waals surface area contributed by atoms with Crippen molar-refractivity contribution in [1.29, 1.82) is 0 Å². The Bertz CT molecular complexity index is 257. The summed E-state index contributed by atoms with van der Waals surface area (Å²) < 4.78 is 5.79. The van der Waals surface area contributed by atoms with Gasteiger partial charge in [0.05, 0.1) is 12.7 Å². The van der Waals surface area contributed by atoms with E-state index < -0.39 is 0 Å². The molecule has 1 heterocycles. The standard InChI is InChI=1S/C14H28N2O2/c1-12(2)18-11-14(4-5-14)10-15-6-8-16(9-7-15)13(3)17/h12-13,17H,4-11H2,1-3H3. The van der Waals surface area contributed by atoms with Gasteiger partial charge in [0.15, 0.2) is 0 Å². The number of nitrogens with zero attached hydrogens (tertiary/aromatic N) is 2. The highest BCUT2D eigenvalue weighted by molar-refractivity contribution is 4.96. The quantitative estimate of drug-likeness (QED) is 0.773. The van der Waals surface area contributed by atoms with E-state index in [1.165, 1.54) is 19.4 Å². The van der Waals surface area contributed by atoms with Crippen LogP contribution in [-0.2, 0) is 4.74 Å². The normalized spacial score (nSPS) is 26.5. The minimum atomic E-state index is -0.300. The summed E-state index contributed by atoms with van der Waals surface area (Å²) in [4.78, 5) is 4.68. The highest BCUT2D eigenvalue weighted by Crippen LogP contribution is 2.46. The molecule has 1 saturated carbocycles. The van der Waals surface area contributed by atoms with Gasteiger partial charge in [0.25, 0.3) is 0 Å². The zero-order chi connectivity index (χ0) is 13.2. The van der Waals surface area contributed by atoms with Crippen LogP contribution in [0.15, 0.2) is 0 Å². The maximum atomic E-state index is 9.54. The monoisotopic (exact) mass is 256 g/mol. The minimum absolute atomic E-state index is 0.300. The largest absolute Gasteiger partial charge is 0.379 e. The van der Waals surface area contributed by atoms with Gasteiger partial charge in [-0.25, -0.2) is 0 Å². The molecular weight excluding hydrogens is 228 g/mol. The van der Waals surface area contributed by atoms with Crippen LogP contribution in [-0.4, -0.2) is 66.6 Å². The SMILES string of the molecule is CC(C)OCC1(CN2CCN(C(C)O)CC2)CC1. The van der Waals surface area contributed by atoms with E-state index in [1.54, 1.807) is 0 Å². The van der Waals surface area contributed by atoms with E-state index in [9.17, 15) is 5.11 Å². The molecule has 106 valence electrons. The van der Waals surface area contributed by atoms with Crippen LogP contribution in [0.3, 0.4) is 0 Å². The smallest absolute Gasteiger partial charge is 0.104 e. The van der Waals surface area contributed by atoms with Crippen LogP contribution in [0.5, 0.6) is 0 Å². The zero-order valence-corrected chi connectivity index (χ0v) is 12.1. The molecule has 18 heavy (non-hydrogen) atoms. The Kier molecular flexibility index (Phi) is 4.64. The van der Waals surface area contributed by atoms with Crippen LogP contribution in [0.25, 0.3) is 0 Å². The van der Waals surface area contributed by atoms with Crippen LogP contribution in [0, 0.1) is 5.41 Å². The van der Waals surface area contributed by atoms with Crippen molar-refractivity contribution in [2.24, 2.45) is 5.41 Å². The van der Waals surface area contributed by atoms with Crippen molar-refractivity contribution in [2.75, 3.05) is 39.3 Å². The lowest BCUT2D eigenvalue weighted by atomic mass is 10.1. The molecule has 4 nitrogen and oxygen atoms in total. The summed E-state index contributed by atoms with van der Waals surface area (Å²) in [6.07, 6.45) is 2.67. The Morgan fingerprint density at radius 2 is 1.72 bits per heavy atom. The summed E-state index contributed by atoms with van der Waals surface area (Å²) in [5.41, 5.74) is 0.442. The van der Waals surface area contributed by atoms with Crippen LogP contribution < -0.4 is 0 Å². The summed E-state index contributed by atoms with van der Waals surface area (Å²) in [5.74, 6) is 0. The van der Waals surface area contributed by atoms with Gasteiger partial charge in [-0.3, -0.25) is 4.90 Å². The van der Waals surface area contributed by atoms with E-state index in [4.69, 9.17) is 4.74 Å². The second-order valence-corrected chi connectivity index (χ2v) is 6.30. The lowest BCUT2D eigenvalue weighted by Gasteiger charge is -2.37.